The number of nitrogens with one attached hydrogen (secondary N) is 2. The molecule has 1 atom stereocenters. The fraction of sp³-hybridized carbons (Fsp3) is 0.121. The maximum atomic E-state index is 13.6. The number of allylic oxidation sites excluding steroid dienone is 2. The van der Waals surface area contributed by atoms with Crippen LogP contribution in [0.4, 0.5) is 5.69 Å². The molecule has 0 spiro atoms. The highest BCUT2D eigenvalue weighted by Gasteiger charge is 2.35. The second kappa shape index (κ2) is 12.2. The highest BCUT2D eigenvalue weighted by Crippen LogP contribution is 2.42. The molecule has 0 saturated heterocycles. The summed E-state index contributed by atoms with van der Waals surface area (Å²) in [4.78, 5) is 27.6. The van der Waals surface area contributed by atoms with Gasteiger partial charge in [-0.2, -0.15) is 5.26 Å². The van der Waals surface area contributed by atoms with Crippen molar-refractivity contribution in [2.24, 2.45) is 0 Å². The molecule has 0 bridgehead atoms. The Hall–Kier alpha value is -4.38. The van der Waals surface area contributed by atoms with Crippen LogP contribution >= 0.6 is 23.1 Å². The lowest BCUT2D eigenvalue weighted by molar-refractivity contribution is -0.113. The Morgan fingerprint density at radius 1 is 0.925 bits per heavy atom. The topological polar surface area (TPSA) is 82.0 Å². The van der Waals surface area contributed by atoms with Gasteiger partial charge in [0.25, 0.3) is 5.91 Å². The second-order valence-electron chi connectivity index (χ2n) is 9.39. The zero-order valence-corrected chi connectivity index (χ0v) is 23.7. The number of nitriles is 1. The molecule has 0 radical (unpaired) electrons. The number of Topliss-reactive ketones (excluding diaryl/α,β-unsaturated/α-hetero) is 1. The van der Waals surface area contributed by atoms with E-state index in [0.717, 1.165) is 27.3 Å². The lowest BCUT2D eigenvalue weighted by Gasteiger charge is -2.29. The monoisotopic (exact) mass is 561 g/mol. The molecule has 0 saturated carbocycles. The quantitative estimate of drug-likeness (QED) is 0.216. The molecule has 5 nitrogen and oxygen atoms in total. The highest BCUT2D eigenvalue weighted by molar-refractivity contribution is 8.03. The number of carbonyl (C=O) groups excluding carboxylic acids is 2. The summed E-state index contributed by atoms with van der Waals surface area (Å²) in [6.45, 7) is 3.78. The van der Waals surface area contributed by atoms with Crippen LogP contribution < -0.4 is 10.6 Å². The van der Waals surface area contributed by atoms with E-state index in [1.807, 2.05) is 110 Å². The zero-order chi connectivity index (χ0) is 28.1. The van der Waals surface area contributed by atoms with Crippen LogP contribution in [0.1, 0.15) is 33.6 Å². The summed E-state index contributed by atoms with van der Waals surface area (Å²) in [6.07, 6.45) is 0. The van der Waals surface area contributed by atoms with Gasteiger partial charge in [0, 0.05) is 27.4 Å². The van der Waals surface area contributed by atoms with Crippen molar-refractivity contribution in [3.05, 3.63) is 134 Å². The van der Waals surface area contributed by atoms with Crippen LogP contribution in [-0.2, 0) is 4.79 Å². The number of hydrogen-bond acceptors (Lipinski definition) is 6. The van der Waals surface area contributed by atoms with Crippen LogP contribution in [0.3, 0.4) is 0 Å². The third-order valence-electron chi connectivity index (χ3n) is 6.77. The average Bonchev–Trinajstić information content (AvgIpc) is 3.52. The third-order valence-corrected chi connectivity index (χ3v) is 8.73. The Morgan fingerprint density at radius 3 is 2.30 bits per heavy atom. The molecule has 3 aromatic carbocycles. The predicted octanol–water partition coefficient (Wildman–Crippen LogP) is 7.67. The van der Waals surface area contributed by atoms with Crippen LogP contribution in [-0.4, -0.2) is 17.4 Å². The minimum absolute atomic E-state index is 0.0337. The number of thioether (sulfide) groups is 1. The van der Waals surface area contributed by atoms with Gasteiger partial charge in [-0.25, -0.2) is 0 Å². The Labute approximate surface area is 242 Å². The summed E-state index contributed by atoms with van der Waals surface area (Å²) in [6, 6.07) is 31.4. The fourth-order valence-electron chi connectivity index (χ4n) is 4.67. The highest BCUT2D eigenvalue weighted by atomic mass is 32.2. The number of hydrogen-bond donors (Lipinski definition) is 2. The molecule has 2 N–H and O–H groups in total. The molecule has 1 aliphatic heterocycles. The van der Waals surface area contributed by atoms with E-state index in [1.165, 1.54) is 23.1 Å². The molecule has 2 heterocycles. The van der Waals surface area contributed by atoms with E-state index in [9.17, 15) is 14.9 Å². The number of dihydropyridines is 1. The number of aryl methyl sites for hydroxylation is 1. The first kappa shape index (κ1) is 27.2. The standard InChI is InChI=1S/C33H27N3O2S2/c1-21-9-6-7-12-27(21)36-32(38)30-22(2)35-33(26(19-34)31(30)29-13-8-18-39-29)40-20-28(37)25-16-14-24(15-17-25)23-10-4-3-5-11-23/h3-18,31,35H,20H2,1-2H3,(H,36,38)/t31-/m1/s1. The van der Waals surface area contributed by atoms with Crippen LogP contribution in [0.15, 0.2) is 118 Å². The average molecular weight is 562 g/mol. The molecule has 0 fully saturated rings. The van der Waals surface area contributed by atoms with Crippen molar-refractivity contribution in [1.29, 1.82) is 5.26 Å². The minimum Gasteiger partial charge on any atom is -0.353 e. The first-order valence-corrected chi connectivity index (χ1v) is 14.7. The van der Waals surface area contributed by atoms with Crippen molar-refractivity contribution in [1.82, 2.24) is 5.32 Å². The van der Waals surface area contributed by atoms with Gasteiger partial charge in [0.15, 0.2) is 5.78 Å². The second-order valence-corrected chi connectivity index (χ2v) is 11.4. The van der Waals surface area contributed by atoms with E-state index in [-0.39, 0.29) is 17.4 Å². The van der Waals surface area contributed by atoms with Crippen molar-refractivity contribution in [3.8, 4) is 17.2 Å². The maximum Gasteiger partial charge on any atom is 0.254 e. The van der Waals surface area contributed by atoms with E-state index >= 15 is 0 Å². The van der Waals surface area contributed by atoms with Gasteiger partial charge in [-0.1, -0.05) is 90.6 Å². The first-order valence-electron chi connectivity index (χ1n) is 12.8. The predicted molar refractivity (Wildman–Crippen MR) is 164 cm³/mol. The molecule has 198 valence electrons. The molecular weight excluding hydrogens is 535 g/mol. The number of benzene rings is 3. The summed E-state index contributed by atoms with van der Waals surface area (Å²) >= 11 is 2.79. The van der Waals surface area contributed by atoms with Crippen molar-refractivity contribution >= 4 is 40.5 Å². The normalized spacial score (nSPS) is 14.9. The van der Waals surface area contributed by atoms with Gasteiger partial charge in [0.05, 0.1) is 28.3 Å². The summed E-state index contributed by atoms with van der Waals surface area (Å²) in [5, 5.41) is 19.1. The van der Waals surface area contributed by atoms with Gasteiger partial charge in [0.2, 0.25) is 0 Å². The smallest absolute Gasteiger partial charge is 0.254 e. The number of ketones is 1. The molecule has 0 unspecified atom stereocenters. The number of thiophene rings is 1. The summed E-state index contributed by atoms with van der Waals surface area (Å²) in [5.41, 5.74) is 6.01. The van der Waals surface area contributed by atoms with E-state index < -0.39 is 5.92 Å². The number of nitrogens with zero attached hydrogens (tertiary/aromatic N) is 1. The molecule has 0 aliphatic carbocycles. The van der Waals surface area contributed by atoms with Crippen molar-refractivity contribution < 1.29 is 9.59 Å². The fourth-order valence-corrected chi connectivity index (χ4v) is 6.50. The Morgan fingerprint density at radius 2 is 1.62 bits per heavy atom. The largest absolute Gasteiger partial charge is 0.353 e. The van der Waals surface area contributed by atoms with Crippen molar-refractivity contribution in [2.75, 3.05) is 11.1 Å². The molecule has 40 heavy (non-hydrogen) atoms. The number of amides is 1. The SMILES string of the molecule is CC1=C(C(=O)Nc2ccccc2C)[C@@H](c2cccs2)C(C#N)=C(SCC(=O)c2ccc(-c3ccccc3)cc2)N1. The van der Waals surface area contributed by atoms with E-state index in [1.54, 1.807) is 0 Å². The number of carbonyl (C=O) groups is 2. The van der Waals surface area contributed by atoms with E-state index in [4.69, 9.17) is 0 Å². The molecule has 1 aliphatic rings. The Balaban J connectivity index is 1.38. The number of para-hydroxylation sites is 1. The Kier molecular flexibility index (Phi) is 8.30. The molecule has 7 heteroatoms. The van der Waals surface area contributed by atoms with Gasteiger partial charge in [-0.3, -0.25) is 9.59 Å². The molecular formula is C33H27N3O2S2. The van der Waals surface area contributed by atoms with Crippen LogP contribution in [0.2, 0.25) is 0 Å². The van der Waals surface area contributed by atoms with Gasteiger partial charge in [-0.05, 0) is 48.1 Å². The third kappa shape index (κ3) is 5.79. The number of anilines is 1. The summed E-state index contributed by atoms with van der Waals surface area (Å²) < 4.78 is 0. The van der Waals surface area contributed by atoms with Gasteiger partial charge >= 0.3 is 0 Å². The molecule has 1 aromatic heterocycles. The first-order chi connectivity index (χ1) is 19.5. The van der Waals surface area contributed by atoms with Crippen LogP contribution in [0.25, 0.3) is 11.1 Å². The maximum absolute atomic E-state index is 13.6. The van der Waals surface area contributed by atoms with Crippen molar-refractivity contribution in [3.63, 3.8) is 0 Å². The zero-order valence-electron chi connectivity index (χ0n) is 22.1. The molecule has 4 aromatic rings. The van der Waals surface area contributed by atoms with Crippen LogP contribution in [0, 0.1) is 18.3 Å². The van der Waals surface area contributed by atoms with E-state index in [0.29, 0.717) is 27.4 Å². The lowest BCUT2D eigenvalue weighted by Crippen LogP contribution is -2.30. The van der Waals surface area contributed by atoms with Gasteiger partial charge < -0.3 is 10.6 Å². The lowest BCUT2D eigenvalue weighted by atomic mass is 9.86. The Bertz CT molecular complexity index is 1650. The molecule has 1 amide bonds. The van der Waals surface area contributed by atoms with E-state index in [2.05, 4.69) is 16.7 Å². The van der Waals surface area contributed by atoms with Gasteiger partial charge in [-0.15, -0.1) is 11.3 Å². The van der Waals surface area contributed by atoms with Crippen LogP contribution in [0.5, 0.6) is 0 Å². The van der Waals surface area contributed by atoms with Crippen molar-refractivity contribution in [2.45, 2.75) is 19.8 Å². The number of rotatable bonds is 8. The minimum atomic E-state index is -0.530. The van der Waals surface area contributed by atoms with Gasteiger partial charge in [0.1, 0.15) is 0 Å². The summed E-state index contributed by atoms with van der Waals surface area (Å²) in [7, 11) is 0. The summed E-state index contributed by atoms with van der Waals surface area (Å²) in [5.74, 6) is -0.663. The molecule has 5 rings (SSSR count).